The highest BCUT2D eigenvalue weighted by Crippen LogP contribution is 2.15. The SMILES string of the molecule is C=C[Si](CCC#CCC)(c1ccccc1)c1ccccc1. The standard InChI is InChI=1S/C20H22Si/c1-3-5-6-13-18-21(4-2,19-14-9-7-10-15-19)20-16-11-8-12-17-20/h4,7-12,14-17H,2-3,13,18H2,1H3. The van der Waals surface area contributed by atoms with E-state index in [9.17, 15) is 0 Å². The molecule has 2 aromatic carbocycles. The molecule has 0 spiro atoms. The Morgan fingerprint density at radius 1 is 0.905 bits per heavy atom. The second-order valence-electron chi connectivity index (χ2n) is 5.11. The van der Waals surface area contributed by atoms with E-state index in [0.29, 0.717) is 0 Å². The van der Waals surface area contributed by atoms with Crippen molar-refractivity contribution in [3.05, 3.63) is 72.9 Å². The zero-order valence-electron chi connectivity index (χ0n) is 12.7. The van der Waals surface area contributed by atoms with E-state index in [1.165, 1.54) is 10.4 Å². The van der Waals surface area contributed by atoms with E-state index in [1.54, 1.807) is 0 Å². The third-order valence-corrected chi connectivity index (χ3v) is 8.34. The summed E-state index contributed by atoms with van der Waals surface area (Å²) in [5.41, 5.74) is 2.21. The fourth-order valence-electron chi connectivity index (χ4n) is 2.74. The van der Waals surface area contributed by atoms with Crippen LogP contribution in [0.3, 0.4) is 0 Å². The molecule has 0 saturated carbocycles. The number of hydrogen-bond donors (Lipinski definition) is 0. The maximum atomic E-state index is 4.20. The van der Waals surface area contributed by atoms with Crippen molar-refractivity contribution < 1.29 is 0 Å². The lowest BCUT2D eigenvalue weighted by Gasteiger charge is -2.29. The van der Waals surface area contributed by atoms with Crippen molar-refractivity contribution in [2.45, 2.75) is 25.8 Å². The Morgan fingerprint density at radius 2 is 1.43 bits per heavy atom. The smallest absolute Gasteiger partial charge is 0.106 e. The Morgan fingerprint density at radius 3 is 1.86 bits per heavy atom. The van der Waals surface area contributed by atoms with Crippen LogP contribution < -0.4 is 10.4 Å². The molecule has 0 aliphatic carbocycles. The zero-order valence-corrected chi connectivity index (χ0v) is 13.7. The molecular formula is C20H22Si. The molecular weight excluding hydrogens is 268 g/mol. The third-order valence-electron chi connectivity index (χ3n) is 3.87. The van der Waals surface area contributed by atoms with Gasteiger partial charge in [-0.25, -0.2) is 0 Å². The molecule has 2 rings (SSSR count). The predicted octanol–water partition coefficient (Wildman–Crippen LogP) is 3.78. The van der Waals surface area contributed by atoms with Crippen molar-refractivity contribution in [1.29, 1.82) is 0 Å². The van der Waals surface area contributed by atoms with Gasteiger partial charge in [0.1, 0.15) is 8.07 Å². The first-order valence-corrected chi connectivity index (χ1v) is 9.82. The van der Waals surface area contributed by atoms with Crippen LogP contribution in [-0.4, -0.2) is 8.07 Å². The summed E-state index contributed by atoms with van der Waals surface area (Å²) in [5.74, 6) is 6.49. The van der Waals surface area contributed by atoms with Crippen molar-refractivity contribution in [3.63, 3.8) is 0 Å². The normalized spacial score (nSPS) is 10.5. The van der Waals surface area contributed by atoms with Crippen molar-refractivity contribution in [3.8, 4) is 11.8 Å². The summed E-state index contributed by atoms with van der Waals surface area (Å²) in [6, 6.07) is 22.7. The second kappa shape index (κ2) is 7.66. The van der Waals surface area contributed by atoms with Crippen LogP contribution in [0.15, 0.2) is 72.9 Å². The van der Waals surface area contributed by atoms with Crippen molar-refractivity contribution in [2.24, 2.45) is 0 Å². The molecule has 0 atom stereocenters. The van der Waals surface area contributed by atoms with Crippen LogP contribution in [0.4, 0.5) is 0 Å². The van der Waals surface area contributed by atoms with E-state index >= 15 is 0 Å². The lowest BCUT2D eigenvalue weighted by molar-refractivity contribution is 1.20. The lowest BCUT2D eigenvalue weighted by atomic mass is 10.4. The Hall–Kier alpha value is -2.04. The molecule has 0 N–H and O–H groups in total. The minimum absolute atomic E-state index is 0.930. The molecule has 106 valence electrons. The molecule has 0 aromatic heterocycles. The van der Waals surface area contributed by atoms with Gasteiger partial charge in [0.05, 0.1) is 0 Å². The van der Waals surface area contributed by atoms with Gasteiger partial charge in [-0.3, -0.25) is 0 Å². The summed E-state index contributed by atoms with van der Waals surface area (Å²) in [4.78, 5) is 0. The van der Waals surface area contributed by atoms with Crippen LogP contribution in [0.25, 0.3) is 0 Å². The van der Waals surface area contributed by atoms with Gasteiger partial charge in [0.25, 0.3) is 0 Å². The van der Waals surface area contributed by atoms with Gasteiger partial charge in [-0.05, 0) is 16.4 Å². The first-order valence-electron chi connectivity index (χ1n) is 7.54. The van der Waals surface area contributed by atoms with Crippen LogP contribution in [0.2, 0.25) is 6.04 Å². The van der Waals surface area contributed by atoms with E-state index in [4.69, 9.17) is 0 Å². The Balaban J connectivity index is 2.44. The molecule has 0 unspecified atom stereocenters. The van der Waals surface area contributed by atoms with Crippen molar-refractivity contribution in [2.75, 3.05) is 0 Å². The predicted molar refractivity (Wildman–Crippen MR) is 95.6 cm³/mol. The highest BCUT2D eigenvalue weighted by Gasteiger charge is 2.33. The average Bonchev–Trinajstić information content (AvgIpc) is 2.57. The van der Waals surface area contributed by atoms with E-state index in [2.05, 4.69) is 91.7 Å². The molecule has 0 aliphatic rings. The first-order chi connectivity index (χ1) is 10.3. The fraction of sp³-hybridized carbons (Fsp3) is 0.200. The molecule has 0 radical (unpaired) electrons. The first kappa shape index (κ1) is 15.3. The number of rotatable bonds is 5. The zero-order chi connectivity index (χ0) is 15.0. The van der Waals surface area contributed by atoms with Crippen LogP contribution in [0, 0.1) is 11.8 Å². The quantitative estimate of drug-likeness (QED) is 0.581. The number of hydrogen-bond acceptors (Lipinski definition) is 0. The van der Waals surface area contributed by atoms with E-state index in [1.807, 2.05) is 0 Å². The number of benzene rings is 2. The van der Waals surface area contributed by atoms with Gasteiger partial charge in [0, 0.05) is 12.8 Å². The van der Waals surface area contributed by atoms with Crippen LogP contribution >= 0.6 is 0 Å². The highest BCUT2D eigenvalue weighted by atomic mass is 28.3. The van der Waals surface area contributed by atoms with E-state index in [0.717, 1.165) is 18.9 Å². The summed E-state index contributed by atoms with van der Waals surface area (Å²) in [6.45, 7) is 6.30. The van der Waals surface area contributed by atoms with E-state index < -0.39 is 8.07 Å². The summed E-state index contributed by atoms with van der Waals surface area (Å²) in [5, 5.41) is 2.84. The van der Waals surface area contributed by atoms with Gasteiger partial charge >= 0.3 is 0 Å². The Kier molecular flexibility index (Phi) is 5.60. The maximum Gasteiger partial charge on any atom is 0.141 e. The molecule has 0 amide bonds. The minimum atomic E-state index is -1.91. The molecule has 2 aromatic rings. The molecule has 1 heteroatoms. The summed E-state index contributed by atoms with van der Waals surface area (Å²) in [7, 11) is -1.91. The molecule has 0 nitrogen and oxygen atoms in total. The lowest BCUT2D eigenvalue weighted by Crippen LogP contribution is -2.56. The van der Waals surface area contributed by atoms with Gasteiger partial charge < -0.3 is 0 Å². The Bertz CT molecular complexity index is 578. The largest absolute Gasteiger partial charge is 0.141 e. The minimum Gasteiger partial charge on any atom is -0.106 e. The van der Waals surface area contributed by atoms with Gasteiger partial charge in [0.15, 0.2) is 0 Å². The maximum absolute atomic E-state index is 4.20. The molecule has 21 heavy (non-hydrogen) atoms. The highest BCUT2D eigenvalue weighted by molar-refractivity contribution is 7.05. The van der Waals surface area contributed by atoms with Crippen LogP contribution in [-0.2, 0) is 0 Å². The van der Waals surface area contributed by atoms with Gasteiger partial charge in [-0.2, -0.15) is 0 Å². The third kappa shape index (κ3) is 3.54. The van der Waals surface area contributed by atoms with Crippen molar-refractivity contribution >= 4 is 18.4 Å². The molecule has 0 saturated heterocycles. The summed E-state index contributed by atoms with van der Waals surface area (Å²) >= 11 is 0. The fourth-order valence-corrected chi connectivity index (χ4v) is 6.42. The van der Waals surface area contributed by atoms with Crippen LogP contribution in [0.1, 0.15) is 19.8 Å². The second-order valence-corrected chi connectivity index (χ2v) is 9.12. The summed E-state index contributed by atoms with van der Waals surface area (Å²) < 4.78 is 0. The Labute approximate surface area is 129 Å². The topological polar surface area (TPSA) is 0 Å². The molecule has 0 bridgehead atoms. The summed E-state index contributed by atoms with van der Waals surface area (Å²) in [6.07, 6.45) is 1.87. The molecule has 0 aliphatic heterocycles. The molecule has 0 heterocycles. The van der Waals surface area contributed by atoms with Crippen molar-refractivity contribution in [1.82, 2.24) is 0 Å². The van der Waals surface area contributed by atoms with Gasteiger partial charge in [-0.1, -0.05) is 73.3 Å². The monoisotopic (exact) mass is 290 g/mol. The molecule has 0 fully saturated rings. The van der Waals surface area contributed by atoms with Gasteiger partial charge in [0.2, 0.25) is 0 Å². The van der Waals surface area contributed by atoms with E-state index in [-0.39, 0.29) is 0 Å². The average molecular weight is 290 g/mol. The van der Waals surface area contributed by atoms with Crippen LogP contribution in [0.5, 0.6) is 0 Å². The van der Waals surface area contributed by atoms with Gasteiger partial charge in [-0.15, -0.1) is 18.4 Å².